The molecule has 26 heavy (non-hydrogen) atoms. The van der Waals surface area contributed by atoms with E-state index in [4.69, 9.17) is 0 Å². The van der Waals surface area contributed by atoms with Crippen molar-refractivity contribution in [1.82, 2.24) is 14.9 Å². The van der Waals surface area contributed by atoms with E-state index in [9.17, 15) is 13.5 Å². The Morgan fingerprint density at radius 3 is 2.62 bits per heavy atom. The highest BCUT2D eigenvalue weighted by Gasteiger charge is 2.35. The number of aliphatic hydroxyl groups excluding tert-OH is 1. The molecule has 1 saturated carbocycles. The van der Waals surface area contributed by atoms with E-state index < -0.39 is 10.0 Å². The van der Waals surface area contributed by atoms with Crippen molar-refractivity contribution in [3.05, 3.63) is 0 Å². The van der Waals surface area contributed by atoms with Gasteiger partial charge in [0.2, 0.25) is 10.0 Å². The molecule has 0 aromatic heterocycles. The molecule has 0 aromatic carbocycles. The maximum Gasteiger partial charge on any atom is 0.215 e. The van der Waals surface area contributed by atoms with Gasteiger partial charge in [0.25, 0.3) is 0 Å². The van der Waals surface area contributed by atoms with Gasteiger partial charge in [-0.05, 0) is 12.8 Å². The summed E-state index contributed by atoms with van der Waals surface area (Å²) in [6.07, 6.45) is 3.74. The van der Waals surface area contributed by atoms with Crippen molar-refractivity contribution in [1.29, 1.82) is 0 Å². The number of aliphatic hydroxyl groups is 1. The highest BCUT2D eigenvalue weighted by Crippen LogP contribution is 2.35. The summed E-state index contributed by atoms with van der Waals surface area (Å²) in [7, 11) is -1.54. The second-order valence-electron chi connectivity index (χ2n) is 7.10. The van der Waals surface area contributed by atoms with Crippen molar-refractivity contribution >= 4 is 51.7 Å². The molecule has 0 radical (unpaired) electrons. The average Bonchev–Trinajstić information content (AvgIpc) is 2.61. The highest BCUT2D eigenvalue weighted by atomic mass is 127. The molecule has 7 nitrogen and oxygen atoms in total. The van der Waals surface area contributed by atoms with Crippen molar-refractivity contribution in [2.24, 2.45) is 10.4 Å². The van der Waals surface area contributed by atoms with Gasteiger partial charge in [0.15, 0.2) is 5.96 Å². The topological polar surface area (TPSA) is 94.0 Å². The minimum atomic E-state index is -3.21. The Kier molecular flexibility index (Phi) is 10.5. The molecule has 2 unspecified atom stereocenters. The van der Waals surface area contributed by atoms with Crippen LogP contribution in [-0.2, 0) is 10.0 Å². The summed E-state index contributed by atoms with van der Waals surface area (Å²) in [5, 5.41) is 16.6. The lowest BCUT2D eigenvalue weighted by Gasteiger charge is -2.38. The lowest BCUT2D eigenvalue weighted by Crippen LogP contribution is -2.49. The van der Waals surface area contributed by atoms with Gasteiger partial charge in [-0.25, -0.2) is 12.7 Å². The third kappa shape index (κ3) is 6.99. The van der Waals surface area contributed by atoms with Gasteiger partial charge in [-0.3, -0.25) is 4.99 Å². The van der Waals surface area contributed by atoms with Gasteiger partial charge in [0, 0.05) is 50.1 Å². The summed E-state index contributed by atoms with van der Waals surface area (Å²) in [4.78, 5) is 4.16. The van der Waals surface area contributed by atoms with Gasteiger partial charge in [-0.2, -0.15) is 11.8 Å². The number of hydrogen-bond acceptors (Lipinski definition) is 5. The van der Waals surface area contributed by atoms with Crippen molar-refractivity contribution in [2.75, 3.05) is 50.5 Å². The maximum absolute atomic E-state index is 12.3. The Labute approximate surface area is 179 Å². The first-order valence-electron chi connectivity index (χ1n) is 9.05. The maximum atomic E-state index is 12.3. The van der Waals surface area contributed by atoms with Crippen molar-refractivity contribution in [2.45, 2.75) is 38.7 Å². The van der Waals surface area contributed by atoms with Crippen LogP contribution >= 0.6 is 35.7 Å². The fourth-order valence-electron chi connectivity index (χ4n) is 3.35. The molecule has 1 heterocycles. The van der Waals surface area contributed by atoms with E-state index >= 15 is 0 Å². The van der Waals surface area contributed by atoms with Crippen molar-refractivity contribution in [3.63, 3.8) is 0 Å². The largest absolute Gasteiger partial charge is 0.392 e. The number of hydrogen-bond donors (Lipinski definition) is 3. The molecule has 0 spiro atoms. The number of thioether (sulfide) groups is 1. The molecule has 2 fully saturated rings. The second kappa shape index (κ2) is 11.3. The first-order valence-corrected chi connectivity index (χ1v) is 11.8. The van der Waals surface area contributed by atoms with Crippen molar-refractivity contribution < 1.29 is 13.5 Å². The third-order valence-electron chi connectivity index (χ3n) is 5.18. The van der Waals surface area contributed by atoms with Crippen LogP contribution in [0.25, 0.3) is 0 Å². The lowest BCUT2D eigenvalue weighted by molar-refractivity contribution is 0.00398. The monoisotopic (exact) mass is 520 g/mol. The molecule has 2 atom stereocenters. The number of rotatable bonds is 6. The fourth-order valence-corrected chi connectivity index (χ4v) is 5.84. The molecule has 0 amide bonds. The molecular formula is C16H33IN4O3S2. The van der Waals surface area contributed by atoms with E-state index in [0.717, 1.165) is 37.2 Å². The SMILES string of the molecule is CN=C(NCCS(=O)(=O)N1CCSCC1)NCC1(C)CCCCC1O.I. The molecule has 0 aromatic rings. The quantitative estimate of drug-likeness (QED) is 0.276. The van der Waals surface area contributed by atoms with Gasteiger partial charge >= 0.3 is 0 Å². The fraction of sp³-hybridized carbons (Fsp3) is 0.938. The van der Waals surface area contributed by atoms with E-state index in [2.05, 4.69) is 22.5 Å². The van der Waals surface area contributed by atoms with Gasteiger partial charge in [-0.15, -0.1) is 24.0 Å². The van der Waals surface area contributed by atoms with Crippen LogP contribution in [0.4, 0.5) is 0 Å². The van der Waals surface area contributed by atoms with Gasteiger partial charge in [0.1, 0.15) is 0 Å². The zero-order chi connectivity index (χ0) is 18.3. The molecule has 3 N–H and O–H groups in total. The smallest absolute Gasteiger partial charge is 0.215 e. The van der Waals surface area contributed by atoms with Crippen LogP contribution in [0.15, 0.2) is 4.99 Å². The van der Waals surface area contributed by atoms with Crippen LogP contribution in [0.2, 0.25) is 0 Å². The summed E-state index contributed by atoms with van der Waals surface area (Å²) in [6.45, 7) is 4.26. The first kappa shape index (κ1) is 24.3. The third-order valence-corrected chi connectivity index (χ3v) is 7.99. The molecular weight excluding hydrogens is 487 g/mol. The zero-order valence-corrected chi connectivity index (χ0v) is 19.7. The van der Waals surface area contributed by atoms with E-state index in [-0.39, 0.29) is 41.2 Å². The zero-order valence-electron chi connectivity index (χ0n) is 15.7. The Morgan fingerprint density at radius 2 is 2.00 bits per heavy atom. The summed E-state index contributed by atoms with van der Waals surface area (Å²) < 4.78 is 26.3. The van der Waals surface area contributed by atoms with E-state index in [1.54, 1.807) is 23.1 Å². The van der Waals surface area contributed by atoms with E-state index in [1.807, 2.05) is 0 Å². The van der Waals surface area contributed by atoms with Crippen molar-refractivity contribution in [3.8, 4) is 0 Å². The second-order valence-corrected chi connectivity index (χ2v) is 10.4. The first-order chi connectivity index (χ1) is 11.9. The Morgan fingerprint density at radius 1 is 1.31 bits per heavy atom. The molecule has 2 aliphatic rings. The van der Waals surface area contributed by atoms with E-state index in [1.165, 1.54) is 0 Å². The summed E-state index contributed by atoms with van der Waals surface area (Å²) in [6, 6.07) is 0. The summed E-state index contributed by atoms with van der Waals surface area (Å²) >= 11 is 1.80. The standard InChI is InChI=1S/C16H32N4O3S2.HI/c1-16(6-4-3-5-14(16)21)13-19-15(17-2)18-7-12-25(22,23)20-8-10-24-11-9-20;/h14,21H,3-13H2,1-2H3,(H2,17,18,19);1H. The molecule has 154 valence electrons. The predicted octanol–water partition coefficient (Wildman–Crippen LogP) is 1.09. The van der Waals surface area contributed by atoms with Crippen LogP contribution < -0.4 is 10.6 Å². The van der Waals surface area contributed by atoms with Crippen LogP contribution in [0.5, 0.6) is 0 Å². The minimum absolute atomic E-state index is 0. The lowest BCUT2D eigenvalue weighted by atomic mass is 9.73. The Hall–Kier alpha value is 0.220. The normalized spacial score (nSPS) is 28.3. The molecule has 1 aliphatic carbocycles. The number of aliphatic imine (C=N–C) groups is 1. The van der Waals surface area contributed by atoms with Crippen LogP contribution in [0.1, 0.15) is 32.6 Å². The number of halogens is 1. The number of guanidine groups is 1. The number of nitrogens with one attached hydrogen (secondary N) is 2. The number of nitrogens with zero attached hydrogens (tertiary/aromatic N) is 2. The number of sulfonamides is 1. The van der Waals surface area contributed by atoms with Crippen LogP contribution in [0.3, 0.4) is 0 Å². The Balaban J connectivity index is 0.00000338. The van der Waals surface area contributed by atoms with Crippen LogP contribution in [-0.4, -0.2) is 80.4 Å². The van der Waals surface area contributed by atoms with Crippen LogP contribution in [0, 0.1) is 5.41 Å². The predicted molar refractivity (Wildman–Crippen MR) is 120 cm³/mol. The summed E-state index contributed by atoms with van der Waals surface area (Å²) in [5.41, 5.74) is -0.159. The molecule has 10 heteroatoms. The van der Waals surface area contributed by atoms with E-state index in [0.29, 0.717) is 32.1 Å². The van der Waals surface area contributed by atoms with Gasteiger partial charge < -0.3 is 15.7 Å². The highest BCUT2D eigenvalue weighted by molar-refractivity contribution is 14.0. The average molecular weight is 521 g/mol. The van der Waals surface area contributed by atoms with Gasteiger partial charge in [-0.1, -0.05) is 19.8 Å². The minimum Gasteiger partial charge on any atom is -0.392 e. The molecule has 1 saturated heterocycles. The summed E-state index contributed by atoms with van der Waals surface area (Å²) in [5.74, 6) is 2.40. The Bertz CT molecular complexity index is 556. The molecule has 2 rings (SSSR count). The van der Waals surface area contributed by atoms with Gasteiger partial charge in [0.05, 0.1) is 11.9 Å². The molecule has 0 bridgehead atoms. The molecule has 1 aliphatic heterocycles.